The summed E-state index contributed by atoms with van der Waals surface area (Å²) in [4.78, 5) is 2.57. The molecule has 1 rings (SSSR count). The number of piperidine rings is 1. The fourth-order valence-corrected chi connectivity index (χ4v) is 2.17. The number of nitrogens with zero attached hydrogens (tertiary/aromatic N) is 1. The van der Waals surface area contributed by atoms with E-state index in [0.29, 0.717) is 0 Å². The topological polar surface area (TPSA) is 15.3 Å². The molecule has 1 unspecified atom stereocenters. The minimum atomic E-state index is 0.825. The van der Waals surface area contributed by atoms with Crippen molar-refractivity contribution in [2.24, 2.45) is 11.8 Å². The van der Waals surface area contributed by atoms with E-state index in [1.165, 1.54) is 38.9 Å². The highest BCUT2D eigenvalue weighted by Crippen LogP contribution is 2.16. The predicted molar refractivity (Wildman–Crippen MR) is 78.5 cm³/mol. The monoisotopic (exact) mass is 242 g/mol. The van der Waals surface area contributed by atoms with Crippen LogP contribution in [0.15, 0.2) is 0 Å². The van der Waals surface area contributed by atoms with Crippen LogP contribution >= 0.6 is 0 Å². The van der Waals surface area contributed by atoms with Gasteiger partial charge in [0.05, 0.1) is 0 Å². The molecule has 1 heterocycles. The van der Waals surface area contributed by atoms with E-state index in [1.54, 1.807) is 0 Å². The maximum absolute atomic E-state index is 3.43. The van der Waals surface area contributed by atoms with Crippen LogP contribution in [-0.2, 0) is 0 Å². The van der Waals surface area contributed by atoms with E-state index in [2.05, 4.69) is 38.0 Å². The SMILES string of the molecule is CC.CC(C)C(C)CCN(C)C1CCNCC1. The van der Waals surface area contributed by atoms with E-state index in [4.69, 9.17) is 0 Å². The van der Waals surface area contributed by atoms with Gasteiger partial charge in [-0.05, 0) is 57.8 Å². The molecule has 0 aliphatic carbocycles. The smallest absolute Gasteiger partial charge is 0.0116 e. The van der Waals surface area contributed by atoms with Crippen LogP contribution in [-0.4, -0.2) is 37.6 Å². The first-order chi connectivity index (χ1) is 8.11. The van der Waals surface area contributed by atoms with Gasteiger partial charge in [0.15, 0.2) is 0 Å². The Kier molecular flexibility index (Phi) is 9.85. The van der Waals surface area contributed by atoms with Crippen molar-refractivity contribution in [1.82, 2.24) is 10.2 Å². The zero-order valence-electron chi connectivity index (χ0n) is 12.9. The van der Waals surface area contributed by atoms with Crippen LogP contribution in [0.25, 0.3) is 0 Å². The second kappa shape index (κ2) is 9.90. The Hall–Kier alpha value is -0.0800. The molecule has 1 fully saturated rings. The van der Waals surface area contributed by atoms with Crippen LogP contribution in [0.4, 0.5) is 0 Å². The molecule has 2 nitrogen and oxygen atoms in total. The lowest BCUT2D eigenvalue weighted by molar-refractivity contribution is 0.182. The molecule has 0 aromatic rings. The van der Waals surface area contributed by atoms with Gasteiger partial charge in [-0.2, -0.15) is 0 Å². The molecule has 0 aromatic heterocycles. The van der Waals surface area contributed by atoms with Crippen LogP contribution < -0.4 is 5.32 Å². The first kappa shape index (κ1) is 16.9. The molecule has 2 heteroatoms. The molecular formula is C15H34N2. The van der Waals surface area contributed by atoms with Crippen molar-refractivity contribution >= 4 is 0 Å². The van der Waals surface area contributed by atoms with E-state index >= 15 is 0 Å². The summed E-state index contributed by atoms with van der Waals surface area (Å²) in [6.45, 7) is 14.7. The van der Waals surface area contributed by atoms with Crippen LogP contribution in [0.5, 0.6) is 0 Å². The van der Waals surface area contributed by atoms with E-state index < -0.39 is 0 Å². The summed E-state index contributed by atoms with van der Waals surface area (Å²) in [5.74, 6) is 1.68. The zero-order valence-corrected chi connectivity index (χ0v) is 12.9. The van der Waals surface area contributed by atoms with Crippen molar-refractivity contribution in [2.45, 2.75) is 59.9 Å². The third kappa shape index (κ3) is 7.05. The van der Waals surface area contributed by atoms with Gasteiger partial charge in [0.1, 0.15) is 0 Å². The van der Waals surface area contributed by atoms with E-state index in [9.17, 15) is 0 Å². The Morgan fingerprint density at radius 1 is 1.12 bits per heavy atom. The first-order valence-electron chi connectivity index (χ1n) is 7.52. The fourth-order valence-electron chi connectivity index (χ4n) is 2.17. The summed E-state index contributed by atoms with van der Waals surface area (Å²) in [5.41, 5.74) is 0. The second-order valence-corrected chi connectivity index (χ2v) is 5.47. The number of rotatable bonds is 5. The molecule has 1 N–H and O–H groups in total. The molecule has 104 valence electrons. The lowest BCUT2D eigenvalue weighted by atomic mass is 9.94. The average molecular weight is 242 g/mol. The summed E-state index contributed by atoms with van der Waals surface area (Å²) in [7, 11) is 2.29. The molecule has 1 aliphatic rings. The van der Waals surface area contributed by atoms with Gasteiger partial charge < -0.3 is 10.2 Å². The highest BCUT2D eigenvalue weighted by Gasteiger charge is 2.18. The summed E-state index contributed by atoms with van der Waals surface area (Å²) in [6, 6.07) is 0.825. The second-order valence-electron chi connectivity index (χ2n) is 5.47. The van der Waals surface area contributed by atoms with Crippen molar-refractivity contribution < 1.29 is 0 Å². The number of nitrogens with one attached hydrogen (secondary N) is 1. The van der Waals surface area contributed by atoms with Gasteiger partial charge in [-0.15, -0.1) is 0 Å². The zero-order chi connectivity index (χ0) is 13.3. The van der Waals surface area contributed by atoms with E-state index in [-0.39, 0.29) is 0 Å². The maximum atomic E-state index is 3.43. The molecule has 17 heavy (non-hydrogen) atoms. The Morgan fingerprint density at radius 3 is 2.12 bits per heavy atom. The third-order valence-corrected chi connectivity index (χ3v) is 4.01. The van der Waals surface area contributed by atoms with Crippen molar-refractivity contribution in [3.8, 4) is 0 Å². The highest BCUT2D eigenvalue weighted by molar-refractivity contribution is 4.76. The minimum Gasteiger partial charge on any atom is -0.317 e. The normalized spacial score (nSPS) is 19.1. The highest BCUT2D eigenvalue weighted by atomic mass is 15.1. The molecule has 0 spiro atoms. The van der Waals surface area contributed by atoms with Gasteiger partial charge in [-0.3, -0.25) is 0 Å². The predicted octanol–water partition coefficient (Wildman–Crippen LogP) is 3.38. The third-order valence-electron chi connectivity index (χ3n) is 4.01. The first-order valence-corrected chi connectivity index (χ1v) is 7.52. The van der Waals surface area contributed by atoms with Crippen molar-refractivity contribution in [3.63, 3.8) is 0 Å². The molecule has 0 saturated carbocycles. The molecule has 0 aromatic carbocycles. The summed E-state index contributed by atoms with van der Waals surface area (Å²) in [6.07, 6.45) is 4.00. The average Bonchev–Trinajstić information content (AvgIpc) is 2.38. The summed E-state index contributed by atoms with van der Waals surface area (Å²) >= 11 is 0. The molecule has 1 aliphatic heterocycles. The fraction of sp³-hybridized carbons (Fsp3) is 1.00. The Morgan fingerprint density at radius 2 is 1.65 bits per heavy atom. The molecule has 0 radical (unpaired) electrons. The summed E-state index contributed by atoms with van der Waals surface area (Å²) < 4.78 is 0. The van der Waals surface area contributed by atoms with Gasteiger partial charge in [0.25, 0.3) is 0 Å². The van der Waals surface area contributed by atoms with Crippen LogP contribution in [0, 0.1) is 11.8 Å². The van der Waals surface area contributed by atoms with Crippen LogP contribution in [0.3, 0.4) is 0 Å². The van der Waals surface area contributed by atoms with Crippen molar-refractivity contribution in [3.05, 3.63) is 0 Å². The summed E-state index contributed by atoms with van der Waals surface area (Å²) in [5, 5.41) is 3.43. The lowest BCUT2D eigenvalue weighted by Crippen LogP contribution is -2.41. The van der Waals surface area contributed by atoms with E-state index in [1.807, 2.05) is 13.8 Å². The van der Waals surface area contributed by atoms with Crippen LogP contribution in [0.2, 0.25) is 0 Å². The largest absolute Gasteiger partial charge is 0.317 e. The quantitative estimate of drug-likeness (QED) is 0.795. The number of hydrogen-bond acceptors (Lipinski definition) is 2. The lowest BCUT2D eigenvalue weighted by Gasteiger charge is -2.32. The molecule has 1 saturated heterocycles. The van der Waals surface area contributed by atoms with Crippen molar-refractivity contribution in [1.29, 1.82) is 0 Å². The van der Waals surface area contributed by atoms with E-state index in [0.717, 1.165) is 17.9 Å². The standard InChI is InChI=1S/C13H28N2.C2H6/c1-11(2)12(3)7-10-15(4)13-5-8-14-9-6-13;1-2/h11-14H,5-10H2,1-4H3;1-2H3. The van der Waals surface area contributed by atoms with Gasteiger partial charge in [0, 0.05) is 6.04 Å². The maximum Gasteiger partial charge on any atom is 0.0116 e. The van der Waals surface area contributed by atoms with Gasteiger partial charge in [0.2, 0.25) is 0 Å². The molecule has 0 amide bonds. The Balaban J connectivity index is 0.00000121. The van der Waals surface area contributed by atoms with Gasteiger partial charge >= 0.3 is 0 Å². The Bertz CT molecular complexity index is 162. The Labute approximate surface area is 109 Å². The molecule has 1 atom stereocenters. The van der Waals surface area contributed by atoms with Crippen molar-refractivity contribution in [2.75, 3.05) is 26.7 Å². The van der Waals surface area contributed by atoms with Gasteiger partial charge in [-0.25, -0.2) is 0 Å². The molecule has 0 bridgehead atoms. The molecular weight excluding hydrogens is 208 g/mol. The van der Waals surface area contributed by atoms with Crippen LogP contribution in [0.1, 0.15) is 53.9 Å². The van der Waals surface area contributed by atoms with Gasteiger partial charge in [-0.1, -0.05) is 34.6 Å². The number of hydrogen-bond donors (Lipinski definition) is 1. The minimum absolute atomic E-state index is 0.825.